The van der Waals surface area contributed by atoms with Crippen LogP contribution >= 0.6 is 0 Å². The molecule has 0 N–H and O–H groups in total. The first kappa shape index (κ1) is 16.8. The summed E-state index contributed by atoms with van der Waals surface area (Å²) in [5.74, 6) is 0. The first-order valence-electron chi connectivity index (χ1n) is 6.79. The summed E-state index contributed by atoms with van der Waals surface area (Å²) in [4.78, 5) is 0. The highest BCUT2D eigenvalue weighted by atomic mass is 32.2. The number of hydrogen-bond donors (Lipinski definition) is 0. The SMILES string of the molecule is CCCCCCCCCCC1(F)C(F)(F)OS1(=O)=O. The first-order valence-corrected chi connectivity index (χ1v) is 8.19. The highest BCUT2D eigenvalue weighted by molar-refractivity contribution is 7.89. The molecule has 1 atom stereocenters. The minimum absolute atomic E-state index is 0.127. The second kappa shape index (κ2) is 6.43. The molecule has 0 aliphatic carbocycles. The molecule has 1 aliphatic rings. The number of halogens is 3. The topological polar surface area (TPSA) is 43.4 Å². The number of hydrogen-bond acceptors (Lipinski definition) is 3. The summed E-state index contributed by atoms with van der Waals surface area (Å²) in [5, 5.41) is -3.53. The van der Waals surface area contributed by atoms with Gasteiger partial charge in [0.25, 0.3) is 0 Å². The van der Waals surface area contributed by atoms with Crippen LogP contribution in [0.15, 0.2) is 0 Å². The maximum atomic E-state index is 13.7. The third-order valence-corrected chi connectivity index (χ3v) is 5.06. The molecular formula is C12H21F3O3S. The lowest BCUT2D eigenvalue weighted by atomic mass is 10.1. The van der Waals surface area contributed by atoms with E-state index in [9.17, 15) is 21.6 Å². The molecule has 0 amide bonds. The van der Waals surface area contributed by atoms with E-state index >= 15 is 0 Å². The van der Waals surface area contributed by atoms with Crippen molar-refractivity contribution in [3.05, 3.63) is 0 Å². The summed E-state index contributed by atoms with van der Waals surface area (Å²) in [6, 6.07) is 0. The van der Waals surface area contributed by atoms with Gasteiger partial charge in [-0.15, -0.1) is 0 Å². The monoisotopic (exact) mass is 302 g/mol. The van der Waals surface area contributed by atoms with Gasteiger partial charge in [-0.05, 0) is 6.42 Å². The van der Waals surface area contributed by atoms with Gasteiger partial charge < -0.3 is 0 Å². The van der Waals surface area contributed by atoms with Crippen LogP contribution in [-0.2, 0) is 14.3 Å². The fraction of sp³-hybridized carbons (Fsp3) is 1.00. The molecule has 0 aromatic rings. The zero-order valence-corrected chi connectivity index (χ0v) is 11.9. The molecule has 1 rings (SSSR count). The van der Waals surface area contributed by atoms with E-state index in [2.05, 4.69) is 11.1 Å². The maximum absolute atomic E-state index is 13.7. The van der Waals surface area contributed by atoms with Crippen molar-refractivity contribution >= 4 is 10.1 Å². The van der Waals surface area contributed by atoms with Gasteiger partial charge in [0, 0.05) is 6.42 Å². The van der Waals surface area contributed by atoms with Crippen molar-refractivity contribution in [1.29, 1.82) is 0 Å². The molecule has 1 heterocycles. The number of rotatable bonds is 9. The minimum Gasteiger partial charge on any atom is -0.214 e. The van der Waals surface area contributed by atoms with Gasteiger partial charge in [-0.25, -0.2) is 4.39 Å². The van der Waals surface area contributed by atoms with Gasteiger partial charge in [-0.3, -0.25) is 0 Å². The summed E-state index contributed by atoms with van der Waals surface area (Å²) in [6.07, 6.45) is 2.12. The highest BCUT2D eigenvalue weighted by Crippen LogP contribution is 2.52. The number of alkyl halides is 3. The standard InChI is InChI=1S/C12H21F3O3S/c1-2-3-4-5-6-7-8-9-10-11(13)12(14,15)18-19(11,16)17/h2-10H2,1H3. The van der Waals surface area contributed by atoms with Gasteiger partial charge in [0.2, 0.25) is 0 Å². The minimum atomic E-state index is -4.75. The van der Waals surface area contributed by atoms with Crippen molar-refractivity contribution in [1.82, 2.24) is 0 Å². The lowest BCUT2D eigenvalue weighted by Crippen LogP contribution is -2.64. The van der Waals surface area contributed by atoms with Crippen LogP contribution in [0.2, 0.25) is 0 Å². The van der Waals surface area contributed by atoms with Crippen molar-refractivity contribution < 1.29 is 25.8 Å². The Hall–Kier alpha value is -0.300. The Bertz CT molecular complexity index is 384. The molecule has 19 heavy (non-hydrogen) atoms. The quantitative estimate of drug-likeness (QED) is 0.475. The van der Waals surface area contributed by atoms with E-state index in [4.69, 9.17) is 0 Å². The van der Waals surface area contributed by atoms with Crippen LogP contribution in [-0.4, -0.2) is 19.5 Å². The van der Waals surface area contributed by atoms with E-state index in [1.165, 1.54) is 6.42 Å². The Morgan fingerprint density at radius 3 is 1.79 bits per heavy atom. The molecule has 1 saturated heterocycles. The van der Waals surface area contributed by atoms with Crippen molar-refractivity contribution in [2.24, 2.45) is 0 Å². The second-order valence-corrected chi connectivity index (χ2v) is 6.73. The zero-order chi connectivity index (χ0) is 14.6. The second-order valence-electron chi connectivity index (χ2n) is 5.01. The first-order chi connectivity index (χ1) is 8.77. The van der Waals surface area contributed by atoms with Crippen LogP contribution in [0.25, 0.3) is 0 Å². The van der Waals surface area contributed by atoms with Gasteiger partial charge in [-0.1, -0.05) is 51.9 Å². The maximum Gasteiger partial charge on any atom is 0.420 e. The van der Waals surface area contributed by atoms with E-state index in [1.54, 1.807) is 0 Å². The fourth-order valence-electron chi connectivity index (χ4n) is 2.13. The zero-order valence-electron chi connectivity index (χ0n) is 11.1. The normalized spacial score (nSPS) is 28.0. The van der Waals surface area contributed by atoms with Gasteiger partial charge in [0.05, 0.1) is 0 Å². The third kappa shape index (κ3) is 3.62. The van der Waals surface area contributed by atoms with E-state index in [-0.39, 0.29) is 6.42 Å². The molecule has 0 bridgehead atoms. The average molecular weight is 302 g/mol. The largest absolute Gasteiger partial charge is 0.420 e. The van der Waals surface area contributed by atoms with Gasteiger partial charge in [-0.2, -0.15) is 21.4 Å². The van der Waals surface area contributed by atoms with E-state index in [1.807, 2.05) is 0 Å². The fourth-order valence-corrected chi connectivity index (χ4v) is 3.28. The molecule has 0 saturated carbocycles. The molecule has 3 nitrogen and oxygen atoms in total. The Labute approximate surface area is 112 Å². The van der Waals surface area contributed by atoms with Crippen LogP contribution in [0.4, 0.5) is 13.2 Å². The summed E-state index contributed by atoms with van der Waals surface area (Å²) in [6.45, 7) is 2.11. The Kier molecular flexibility index (Phi) is 5.67. The van der Waals surface area contributed by atoms with Crippen molar-refractivity contribution in [3.63, 3.8) is 0 Å². The molecule has 0 aromatic carbocycles. The molecule has 1 fully saturated rings. The van der Waals surface area contributed by atoms with Crippen molar-refractivity contribution in [3.8, 4) is 0 Å². The molecule has 0 spiro atoms. The number of unbranched alkanes of at least 4 members (excludes halogenated alkanes) is 7. The van der Waals surface area contributed by atoms with Crippen molar-refractivity contribution in [2.45, 2.75) is 75.8 Å². The molecule has 0 radical (unpaired) electrons. The predicted octanol–water partition coefficient (Wildman–Crippen LogP) is 4.14. The average Bonchev–Trinajstić information content (AvgIpc) is 2.30. The molecule has 114 valence electrons. The van der Waals surface area contributed by atoms with Crippen LogP contribution in [0.1, 0.15) is 64.7 Å². The smallest absolute Gasteiger partial charge is 0.214 e. The molecule has 1 unspecified atom stereocenters. The van der Waals surface area contributed by atoms with E-state index in [0.29, 0.717) is 6.42 Å². The summed E-state index contributed by atoms with van der Waals surface area (Å²) in [7, 11) is -4.75. The molecule has 1 aliphatic heterocycles. The van der Waals surface area contributed by atoms with Gasteiger partial charge >= 0.3 is 21.2 Å². The molecule has 0 aromatic heterocycles. The third-order valence-electron chi connectivity index (χ3n) is 3.40. The summed E-state index contributed by atoms with van der Waals surface area (Å²) >= 11 is 0. The van der Waals surface area contributed by atoms with Crippen molar-refractivity contribution in [2.75, 3.05) is 0 Å². The van der Waals surface area contributed by atoms with Gasteiger partial charge in [0.1, 0.15) is 0 Å². The highest BCUT2D eigenvalue weighted by Gasteiger charge is 2.77. The summed E-state index contributed by atoms with van der Waals surface area (Å²) in [5.41, 5.74) is 0. The van der Waals surface area contributed by atoms with Crippen LogP contribution < -0.4 is 0 Å². The Morgan fingerprint density at radius 1 is 0.895 bits per heavy atom. The lowest BCUT2D eigenvalue weighted by molar-refractivity contribution is -0.277. The molecular weight excluding hydrogens is 281 g/mol. The Balaban J connectivity index is 2.19. The summed E-state index contributed by atoms with van der Waals surface area (Å²) < 4.78 is 64.5. The molecule has 7 heteroatoms. The van der Waals surface area contributed by atoms with E-state index in [0.717, 1.165) is 32.1 Å². The van der Waals surface area contributed by atoms with Gasteiger partial charge in [0.15, 0.2) is 0 Å². The van der Waals surface area contributed by atoms with Crippen LogP contribution in [0, 0.1) is 0 Å². The van der Waals surface area contributed by atoms with Crippen LogP contribution in [0.3, 0.4) is 0 Å². The van der Waals surface area contributed by atoms with E-state index < -0.39 is 27.6 Å². The van der Waals surface area contributed by atoms with Crippen LogP contribution in [0.5, 0.6) is 0 Å². The predicted molar refractivity (Wildman–Crippen MR) is 66.0 cm³/mol. The Morgan fingerprint density at radius 2 is 1.37 bits per heavy atom. The lowest BCUT2D eigenvalue weighted by Gasteiger charge is -2.39.